The van der Waals surface area contributed by atoms with Crippen molar-refractivity contribution in [3.63, 3.8) is 0 Å². The van der Waals surface area contributed by atoms with Crippen molar-refractivity contribution in [1.82, 2.24) is 9.80 Å². The number of methoxy groups -OCH3 is 1. The van der Waals surface area contributed by atoms with E-state index in [9.17, 15) is 9.90 Å². The molecule has 2 aromatic carbocycles. The number of hydrogen-bond acceptors (Lipinski definition) is 5. The largest absolute Gasteiger partial charge is 0.457 e. The molecule has 190 valence electrons. The van der Waals surface area contributed by atoms with Crippen molar-refractivity contribution in [1.29, 1.82) is 0 Å². The Bertz CT molecular complexity index is 994. The van der Waals surface area contributed by atoms with Gasteiger partial charge in [-0.3, -0.25) is 0 Å². The molecule has 2 amide bonds. The second-order valence-electron chi connectivity index (χ2n) is 9.97. The number of likely N-dealkylation sites (tertiary alicyclic amines) is 2. The first-order chi connectivity index (χ1) is 16.9. The number of carbonyl (C=O) groups excluding carboxylic acids is 1. The van der Waals surface area contributed by atoms with Crippen LogP contribution >= 0.6 is 0 Å². The number of aryl methyl sites for hydroxylation is 1. The predicted octanol–water partition coefficient (Wildman–Crippen LogP) is 4.27. The minimum atomic E-state index is -1.13. The maximum atomic E-state index is 13.1. The Kier molecular flexibility index (Phi) is 8.31. The van der Waals surface area contributed by atoms with Crippen LogP contribution in [-0.4, -0.2) is 66.9 Å². The number of piperidine rings is 1. The highest BCUT2D eigenvalue weighted by molar-refractivity contribution is 5.75. The van der Waals surface area contributed by atoms with Crippen molar-refractivity contribution >= 4 is 6.03 Å². The van der Waals surface area contributed by atoms with E-state index in [1.54, 1.807) is 12.0 Å². The summed E-state index contributed by atoms with van der Waals surface area (Å²) in [6.45, 7) is 5.11. The lowest BCUT2D eigenvalue weighted by Gasteiger charge is -2.46. The van der Waals surface area contributed by atoms with Gasteiger partial charge >= 0.3 is 6.03 Å². The van der Waals surface area contributed by atoms with Gasteiger partial charge in [0.15, 0.2) is 0 Å². The summed E-state index contributed by atoms with van der Waals surface area (Å²) in [6, 6.07) is 15.8. The molecule has 2 fully saturated rings. The van der Waals surface area contributed by atoms with E-state index in [2.05, 4.69) is 0 Å². The molecule has 1 unspecified atom stereocenters. The van der Waals surface area contributed by atoms with Gasteiger partial charge in [0, 0.05) is 57.4 Å². The molecule has 2 aliphatic heterocycles. The molecule has 2 aromatic rings. The Morgan fingerprint density at radius 1 is 1.06 bits per heavy atom. The molecule has 7 nitrogen and oxygen atoms in total. The van der Waals surface area contributed by atoms with E-state index in [1.165, 1.54) is 0 Å². The van der Waals surface area contributed by atoms with E-state index in [4.69, 9.17) is 15.2 Å². The van der Waals surface area contributed by atoms with Crippen LogP contribution in [0.3, 0.4) is 0 Å². The number of ether oxygens (including phenoxy) is 2. The Hall–Kier alpha value is -2.61. The highest BCUT2D eigenvalue weighted by atomic mass is 16.5. The normalized spacial score (nSPS) is 20.3. The van der Waals surface area contributed by atoms with Gasteiger partial charge < -0.3 is 30.1 Å². The lowest BCUT2D eigenvalue weighted by atomic mass is 9.73. The van der Waals surface area contributed by atoms with Crippen molar-refractivity contribution in [3.05, 3.63) is 59.7 Å². The first kappa shape index (κ1) is 25.5. The number of nitrogens with zero attached hydrogens (tertiary/aromatic N) is 2. The van der Waals surface area contributed by atoms with Gasteiger partial charge in [0.05, 0.1) is 5.60 Å². The third kappa shape index (κ3) is 5.80. The summed E-state index contributed by atoms with van der Waals surface area (Å²) in [5.41, 5.74) is 6.59. The standard InChI is InChI=1S/C28H39N3O4/c1-21-10-3-5-13-25(21)35-26-14-6-4-12-24(26)28(33,15-7-8-17-34-2)22-11-9-16-30(18-22)27(32)31-19-23(29)20-31/h3-6,10,12-14,22-23,33H,7-9,11,15-20,29H2,1-2H3/t22?,28-/m0/s1. The molecule has 0 radical (unpaired) electrons. The van der Waals surface area contributed by atoms with Crippen LogP contribution in [0.4, 0.5) is 4.79 Å². The second kappa shape index (κ2) is 11.4. The quantitative estimate of drug-likeness (QED) is 0.523. The van der Waals surface area contributed by atoms with Gasteiger partial charge in [0.25, 0.3) is 0 Å². The van der Waals surface area contributed by atoms with E-state index in [1.807, 2.05) is 60.4 Å². The number of carbonyl (C=O) groups is 1. The summed E-state index contributed by atoms with van der Waals surface area (Å²) < 4.78 is 11.6. The van der Waals surface area contributed by atoms with Crippen LogP contribution < -0.4 is 10.5 Å². The fraction of sp³-hybridized carbons (Fsp3) is 0.536. The Balaban J connectivity index is 1.61. The highest BCUT2D eigenvalue weighted by Crippen LogP contribution is 2.44. The number of aliphatic hydroxyl groups is 1. The zero-order chi connectivity index (χ0) is 24.8. The Morgan fingerprint density at radius 3 is 2.49 bits per heavy atom. The molecule has 3 N–H and O–H groups in total. The highest BCUT2D eigenvalue weighted by Gasteiger charge is 2.44. The van der Waals surface area contributed by atoms with Crippen molar-refractivity contribution in [2.75, 3.05) is 39.9 Å². The summed E-state index contributed by atoms with van der Waals surface area (Å²) >= 11 is 0. The maximum Gasteiger partial charge on any atom is 0.320 e. The molecular weight excluding hydrogens is 442 g/mol. The molecule has 2 atom stereocenters. The smallest absolute Gasteiger partial charge is 0.320 e. The monoisotopic (exact) mass is 481 g/mol. The SMILES string of the molecule is COCCCC[C@@](O)(c1ccccc1Oc1ccccc1C)C1CCCN(C(=O)N2CC(N)C2)C1. The molecule has 0 bridgehead atoms. The topological polar surface area (TPSA) is 88.3 Å². The first-order valence-corrected chi connectivity index (χ1v) is 12.8. The number of para-hydroxylation sites is 2. The third-order valence-electron chi connectivity index (χ3n) is 7.37. The van der Waals surface area contributed by atoms with Gasteiger partial charge in [0.1, 0.15) is 11.5 Å². The average molecular weight is 482 g/mol. The van der Waals surface area contributed by atoms with E-state index in [0.29, 0.717) is 45.0 Å². The number of amides is 2. The minimum Gasteiger partial charge on any atom is -0.457 e. The molecule has 0 saturated carbocycles. The van der Waals surface area contributed by atoms with Gasteiger partial charge in [-0.15, -0.1) is 0 Å². The van der Waals surface area contributed by atoms with Crippen LogP contribution in [-0.2, 0) is 10.3 Å². The zero-order valence-corrected chi connectivity index (χ0v) is 21.0. The average Bonchev–Trinajstić information content (AvgIpc) is 2.86. The Labute approximate surface area is 208 Å². The van der Waals surface area contributed by atoms with E-state index < -0.39 is 5.60 Å². The lowest BCUT2D eigenvalue weighted by Crippen LogP contribution is -2.62. The number of hydrogen-bond donors (Lipinski definition) is 2. The summed E-state index contributed by atoms with van der Waals surface area (Å²) in [4.78, 5) is 16.8. The third-order valence-corrected chi connectivity index (χ3v) is 7.37. The van der Waals surface area contributed by atoms with E-state index in [-0.39, 0.29) is 18.0 Å². The maximum absolute atomic E-state index is 13.1. The molecule has 35 heavy (non-hydrogen) atoms. The van der Waals surface area contributed by atoms with Gasteiger partial charge in [-0.2, -0.15) is 0 Å². The molecule has 4 rings (SSSR count). The lowest BCUT2D eigenvalue weighted by molar-refractivity contribution is -0.0597. The molecule has 7 heteroatoms. The van der Waals surface area contributed by atoms with Crippen LogP contribution in [0.25, 0.3) is 0 Å². The summed E-state index contributed by atoms with van der Waals surface area (Å²) in [5.74, 6) is 1.34. The van der Waals surface area contributed by atoms with Gasteiger partial charge in [-0.25, -0.2) is 4.79 Å². The second-order valence-corrected chi connectivity index (χ2v) is 9.97. The van der Waals surface area contributed by atoms with E-state index >= 15 is 0 Å². The van der Waals surface area contributed by atoms with Crippen molar-refractivity contribution in [2.45, 2.75) is 50.7 Å². The Morgan fingerprint density at radius 2 is 1.77 bits per heavy atom. The fourth-order valence-corrected chi connectivity index (χ4v) is 5.31. The van der Waals surface area contributed by atoms with Crippen LogP contribution in [0.15, 0.2) is 48.5 Å². The van der Waals surface area contributed by atoms with Gasteiger partial charge in [0.2, 0.25) is 0 Å². The number of urea groups is 1. The van der Waals surface area contributed by atoms with Crippen LogP contribution in [0, 0.1) is 12.8 Å². The van der Waals surface area contributed by atoms with Crippen LogP contribution in [0.2, 0.25) is 0 Å². The number of benzene rings is 2. The summed E-state index contributed by atoms with van der Waals surface area (Å²) in [7, 11) is 1.70. The van der Waals surface area contributed by atoms with Crippen LogP contribution in [0.5, 0.6) is 11.5 Å². The summed E-state index contributed by atoms with van der Waals surface area (Å²) in [6.07, 6.45) is 3.96. The number of nitrogens with two attached hydrogens (primary N) is 1. The molecule has 0 aromatic heterocycles. The van der Waals surface area contributed by atoms with Crippen molar-refractivity contribution in [2.24, 2.45) is 11.7 Å². The minimum absolute atomic E-state index is 0.0302. The molecule has 0 spiro atoms. The summed E-state index contributed by atoms with van der Waals surface area (Å²) in [5, 5.41) is 12.4. The molecular formula is C28H39N3O4. The first-order valence-electron chi connectivity index (χ1n) is 12.8. The van der Waals surface area contributed by atoms with Crippen LogP contribution in [0.1, 0.15) is 43.2 Å². The molecule has 2 aliphatic rings. The van der Waals surface area contributed by atoms with Crippen molar-refractivity contribution < 1.29 is 19.4 Å². The van der Waals surface area contributed by atoms with Gasteiger partial charge in [-0.05, 0) is 56.7 Å². The predicted molar refractivity (Wildman–Crippen MR) is 137 cm³/mol. The molecule has 2 heterocycles. The molecule has 2 saturated heterocycles. The van der Waals surface area contributed by atoms with Gasteiger partial charge in [-0.1, -0.05) is 36.4 Å². The number of rotatable bonds is 9. The van der Waals surface area contributed by atoms with E-state index in [0.717, 1.165) is 42.6 Å². The van der Waals surface area contributed by atoms with Crippen molar-refractivity contribution in [3.8, 4) is 11.5 Å². The zero-order valence-electron chi connectivity index (χ0n) is 21.0. The fourth-order valence-electron chi connectivity index (χ4n) is 5.31. The molecule has 0 aliphatic carbocycles. The number of unbranched alkanes of at least 4 members (excludes halogenated alkanes) is 1.